The van der Waals surface area contributed by atoms with Crippen LogP contribution in [0.2, 0.25) is 0 Å². The van der Waals surface area contributed by atoms with Gasteiger partial charge in [0, 0.05) is 0 Å². The van der Waals surface area contributed by atoms with E-state index in [1.54, 1.807) is 0 Å². The zero-order valence-corrected chi connectivity index (χ0v) is 13.0. The Morgan fingerprint density at radius 1 is 1.24 bits per heavy atom. The van der Waals surface area contributed by atoms with Crippen LogP contribution in [0.25, 0.3) is 0 Å². The lowest BCUT2D eigenvalue weighted by atomic mass is 10.1. The van der Waals surface area contributed by atoms with Crippen molar-refractivity contribution in [3.05, 3.63) is 12.2 Å². The summed E-state index contributed by atoms with van der Waals surface area (Å²) in [5, 5.41) is 28.3. The monoisotopic (exact) mass is 302 g/mol. The van der Waals surface area contributed by atoms with E-state index in [1.807, 2.05) is 0 Å². The topological polar surface area (TPSA) is 79.2 Å². The van der Waals surface area contributed by atoms with E-state index in [4.69, 9.17) is 14.6 Å². The number of unbranched alkanes of at least 4 members (excludes halogenated alkanes) is 4. The van der Waals surface area contributed by atoms with Crippen LogP contribution in [0.5, 0.6) is 0 Å². The van der Waals surface area contributed by atoms with Gasteiger partial charge in [0.05, 0.1) is 19.8 Å². The van der Waals surface area contributed by atoms with Gasteiger partial charge in [0.25, 0.3) is 0 Å². The van der Waals surface area contributed by atoms with Gasteiger partial charge in [-0.2, -0.15) is 0 Å². The molecule has 1 heterocycles. The minimum Gasteiger partial charge on any atom is -0.394 e. The molecule has 5 heteroatoms. The van der Waals surface area contributed by atoms with E-state index in [9.17, 15) is 10.2 Å². The summed E-state index contributed by atoms with van der Waals surface area (Å²) in [6.07, 6.45) is 8.17. The smallest absolute Gasteiger partial charge is 0.114 e. The molecule has 0 amide bonds. The summed E-state index contributed by atoms with van der Waals surface area (Å²) >= 11 is 0. The van der Waals surface area contributed by atoms with E-state index in [0.717, 1.165) is 12.8 Å². The van der Waals surface area contributed by atoms with Gasteiger partial charge in [-0.15, -0.1) is 0 Å². The molecule has 124 valence electrons. The fourth-order valence-corrected chi connectivity index (χ4v) is 2.42. The third-order valence-corrected chi connectivity index (χ3v) is 3.74. The number of allylic oxidation sites excluding steroid dienone is 1. The van der Waals surface area contributed by atoms with Gasteiger partial charge in [0.15, 0.2) is 0 Å². The van der Waals surface area contributed by atoms with Crippen LogP contribution in [-0.4, -0.2) is 59.6 Å². The SMILES string of the molecule is CCCCCC/C=C/CCO[C@@H]1CO[C@H]([C@@H](O)CO)[C@@H]1O. The molecule has 0 aliphatic carbocycles. The predicted octanol–water partition coefficient (Wildman–Crippen LogP) is 1.40. The van der Waals surface area contributed by atoms with Gasteiger partial charge >= 0.3 is 0 Å². The lowest BCUT2D eigenvalue weighted by molar-refractivity contribution is -0.0726. The zero-order valence-electron chi connectivity index (χ0n) is 13.0. The average Bonchev–Trinajstić information content (AvgIpc) is 2.86. The summed E-state index contributed by atoms with van der Waals surface area (Å²) in [5.74, 6) is 0. The van der Waals surface area contributed by atoms with E-state index in [2.05, 4.69) is 19.1 Å². The van der Waals surface area contributed by atoms with Gasteiger partial charge in [0.1, 0.15) is 24.4 Å². The molecule has 21 heavy (non-hydrogen) atoms. The van der Waals surface area contributed by atoms with Gasteiger partial charge in [-0.05, 0) is 19.3 Å². The van der Waals surface area contributed by atoms with E-state index >= 15 is 0 Å². The van der Waals surface area contributed by atoms with Crippen molar-refractivity contribution >= 4 is 0 Å². The molecule has 1 saturated heterocycles. The lowest BCUT2D eigenvalue weighted by Gasteiger charge is -2.20. The highest BCUT2D eigenvalue weighted by Crippen LogP contribution is 2.20. The molecule has 1 aliphatic rings. The first-order valence-corrected chi connectivity index (χ1v) is 8.05. The highest BCUT2D eigenvalue weighted by atomic mass is 16.6. The molecular formula is C16H30O5. The first-order valence-electron chi connectivity index (χ1n) is 8.05. The van der Waals surface area contributed by atoms with Crippen LogP contribution in [0.15, 0.2) is 12.2 Å². The fraction of sp³-hybridized carbons (Fsp3) is 0.875. The minimum absolute atomic E-state index is 0.254. The molecule has 0 radical (unpaired) electrons. The molecule has 0 unspecified atom stereocenters. The molecule has 0 saturated carbocycles. The Bertz CT molecular complexity index is 282. The van der Waals surface area contributed by atoms with E-state index in [1.165, 1.54) is 25.7 Å². The van der Waals surface area contributed by atoms with Gasteiger partial charge in [-0.25, -0.2) is 0 Å². The summed E-state index contributed by atoms with van der Waals surface area (Å²) in [7, 11) is 0. The summed E-state index contributed by atoms with van der Waals surface area (Å²) in [6, 6.07) is 0. The first kappa shape index (κ1) is 18.6. The summed E-state index contributed by atoms with van der Waals surface area (Å²) in [6.45, 7) is 2.57. The number of aliphatic hydroxyl groups excluding tert-OH is 3. The van der Waals surface area contributed by atoms with Crippen molar-refractivity contribution < 1.29 is 24.8 Å². The van der Waals surface area contributed by atoms with Crippen molar-refractivity contribution in [2.45, 2.75) is 69.9 Å². The Kier molecular flexibility index (Phi) is 9.87. The van der Waals surface area contributed by atoms with Gasteiger partial charge in [-0.3, -0.25) is 0 Å². The third-order valence-electron chi connectivity index (χ3n) is 3.74. The van der Waals surface area contributed by atoms with Gasteiger partial charge < -0.3 is 24.8 Å². The van der Waals surface area contributed by atoms with Crippen LogP contribution in [0.1, 0.15) is 45.4 Å². The number of hydrogen-bond acceptors (Lipinski definition) is 5. The van der Waals surface area contributed by atoms with Crippen LogP contribution in [-0.2, 0) is 9.47 Å². The second-order valence-electron chi connectivity index (χ2n) is 5.56. The second-order valence-corrected chi connectivity index (χ2v) is 5.56. The van der Waals surface area contributed by atoms with Gasteiger partial charge in [0.2, 0.25) is 0 Å². The molecule has 0 spiro atoms. The van der Waals surface area contributed by atoms with Crippen molar-refractivity contribution in [3.63, 3.8) is 0 Å². The van der Waals surface area contributed by atoms with Crippen LogP contribution in [0.4, 0.5) is 0 Å². The van der Waals surface area contributed by atoms with Crippen molar-refractivity contribution in [2.75, 3.05) is 19.8 Å². The number of hydrogen-bond donors (Lipinski definition) is 3. The Morgan fingerprint density at radius 3 is 2.71 bits per heavy atom. The molecule has 0 aromatic carbocycles. The maximum atomic E-state index is 9.93. The standard InChI is InChI=1S/C16H30O5/c1-2-3-4-5-6-7-8-9-10-20-14-12-21-16(15(14)19)13(18)11-17/h7-8,13-19H,2-6,9-12H2,1H3/b8-7+/t13-,14+,15+,16+/m0/s1. The zero-order chi connectivity index (χ0) is 15.5. The Labute approximate surface area is 127 Å². The largest absolute Gasteiger partial charge is 0.394 e. The normalized spacial score (nSPS) is 27.5. The van der Waals surface area contributed by atoms with Crippen molar-refractivity contribution in [3.8, 4) is 0 Å². The molecule has 0 aromatic heterocycles. The van der Waals surface area contributed by atoms with Crippen molar-refractivity contribution in [2.24, 2.45) is 0 Å². The van der Waals surface area contributed by atoms with E-state index in [-0.39, 0.29) is 6.61 Å². The van der Waals surface area contributed by atoms with Crippen LogP contribution >= 0.6 is 0 Å². The third kappa shape index (κ3) is 6.89. The molecule has 0 aromatic rings. The second kappa shape index (κ2) is 11.2. The molecule has 1 aliphatic heterocycles. The molecular weight excluding hydrogens is 272 g/mol. The van der Waals surface area contributed by atoms with Crippen LogP contribution in [0.3, 0.4) is 0 Å². The summed E-state index contributed by atoms with van der Waals surface area (Å²) in [5.41, 5.74) is 0. The van der Waals surface area contributed by atoms with E-state index in [0.29, 0.717) is 6.61 Å². The quantitative estimate of drug-likeness (QED) is 0.397. The maximum Gasteiger partial charge on any atom is 0.114 e. The summed E-state index contributed by atoms with van der Waals surface area (Å²) < 4.78 is 10.8. The Hall–Kier alpha value is -0.460. The lowest BCUT2D eigenvalue weighted by Crippen LogP contribution is -2.41. The minimum atomic E-state index is -1.06. The van der Waals surface area contributed by atoms with Gasteiger partial charge in [-0.1, -0.05) is 38.3 Å². The number of rotatable bonds is 11. The molecule has 5 nitrogen and oxygen atoms in total. The molecule has 4 atom stereocenters. The molecule has 3 N–H and O–H groups in total. The Balaban J connectivity index is 2.07. The molecule has 0 bridgehead atoms. The highest BCUT2D eigenvalue weighted by molar-refractivity contribution is 4.89. The highest BCUT2D eigenvalue weighted by Gasteiger charge is 2.40. The predicted molar refractivity (Wildman–Crippen MR) is 81.1 cm³/mol. The molecule has 1 rings (SSSR count). The van der Waals surface area contributed by atoms with E-state index < -0.39 is 31.0 Å². The first-order chi connectivity index (χ1) is 10.2. The average molecular weight is 302 g/mol. The van der Waals surface area contributed by atoms with Crippen molar-refractivity contribution in [1.82, 2.24) is 0 Å². The summed E-state index contributed by atoms with van der Waals surface area (Å²) in [4.78, 5) is 0. The molecule has 1 fully saturated rings. The Morgan fingerprint density at radius 2 is 2.00 bits per heavy atom. The van der Waals surface area contributed by atoms with Crippen molar-refractivity contribution in [1.29, 1.82) is 0 Å². The number of ether oxygens (including phenoxy) is 2. The van der Waals surface area contributed by atoms with Crippen LogP contribution < -0.4 is 0 Å². The number of aliphatic hydroxyl groups is 3. The van der Waals surface area contributed by atoms with Crippen LogP contribution in [0, 0.1) is 0 Å². The maximum absolute atomic E-state index is 9.93. The fourth-order valence-electron chi connectivity index (χ4n) is 2.42.